The predicted octanol–water partition coefficient (Wildman–Crippen LogP) is 5.43. The van der Waals surface area contributed by atoms with Crippen LogP contribution in [0.5, 0.6) is 17.4 Å². The number of halogens is 2. The number of rotatable bonds is 6. The van der Waals surface area contributed by atoms with Gasteiger partial charge in [-0.2, -0.15) is 0 Å². The summed E-state index contributed by atoms with van der Waals surface area (Å²) in [5, 5.41) is 3.70. The average Bonchev–Trinajstić information content (AvgIpc) is 2.69. The summed E-state index contributed by atoms with van der Waals surface area (Å²) in [4.78, 5) is 16.9. The highest BCUT2D eigenvalue weighted by Gasteiger charge is 2.16. The summed E-state index contributed by atoms with van der Waals surface area (Å²) < 4.78 is 11.1. The third-order valence-electron chi connectivity index (χ3n) is 3.99. The number of aromatic nitrogens is 1. The molecule has 3 rings (SSSR count). The van der Waals surface area contributed by atoms with Gasteiger partial charge in [-0.3, -0.25) is 4.79 Å². The van der Waals surface area contributed by atoms with Gasteiger partial charge < -0.3 is 14.8 Å². The number of benzene rings is 2. The van der Waals surface area contributed by atoms with Crippen LogP contribution in [0.4, 0.5) is 0 Å². The molecule has 0 unspecified atom stereocenters. The number of hydrogen-bond acceptors (Lipinski definition) is 4. The number of nitrogens with one attached hydrogen (secondary N) is 1. The molecule has 0 radical (unpaired) electrons. The lowest BCUT2D eigenvalue weighted by atomic mass is 10.1. The zero-order valence-electron chi connectivity index (χ0n) is 15.3. The van der Waals surface area contributed by atoms with Gasteiger partial charge in [-0.15, -0.1) is 0 Å². The van der Waals surface area contributed by atoms with E-state index in [9.17, 15) is 4.79 Å². The minimum absolute atomic E-state index is 0.139. The van der Waals surface area contributed by atoms with Gasteiger partial charge in [0.1, 0.15) is 17.1 Å². The molecule has 0 bridgehead atoms. The zero-order chi connectivity index (χ0) is 20.1. The van der Waals surface area contributed by atoms with Gasteiger partial charge in [-0.1, -0.05) is 40.9 Å². The number of nitrogens with zero attached hydrogens (tertiary/aromatic N) is 1. The van der Waals surface area contributed by atoms with Crippen molar-refractivity contribution in [2.24, 2.45) is 0 Å². The fraction of sp³-hybridized carbons (Fsp3) is 0.143. The molecular formula is C21H18Cl2N2O3. The highest BCUT2D eigenvalue weighted by atomic mass is 35.5. The van der Waals surface area contributed by atoms with E-state index in [1.165, 1.54) is 6.20 Å². The van der Waals surface area contributed by atoms with E-state index in [1.54, 1.807) is 37.4 Å². The Hall–Kier alpha value is -2.76. The molecule has 1 N–H and O–H groups in total. The molecule has 28 heavy (non-hydrogen) atoms. The van der Waals surface area contributed by atoms with Gasteiger partial charge in [0.15, 0.2) is 0 Å². The van der Waals surface area contributed by atoms with E-state index in [0.29, 0.717) is 28.1 Å². The number of aryl methyl sites for hydroxylation is 1. The van der Waals surface area contributed by atoms with Crippen LogP contribution in [-0.4, -0.2) is 18.0 Å². The lowest BCUT2D eigenvalue weighted by molar-refractivity contribution is 0.0947. The maximum atomic E-state index is 12.7. The number of pyridine rings is 1. The number of ether oxygens (including phenoxy) is 2. The van der Waals surface area contributed by atoms with E-state index in [1.807, 2.05) is 25.1 Å². The molecular weight excluding hydrogens is 399 g/mol. The van der Waals surface area contributed by atoms with Crippen molar-refractivity contribution < 1.29 is 14.3 Å². The molecule has 1 aromatic heterocycles. The maximum Gasteiger partial charge on any atom is 0.257 e. The first kappa shape index (κ1) is 20.0. The van der Waals surface area contributed by atoms with Crippen molar-refractivity contribution in [3.05, 3.63) is 81.5 Å². The number of hydrogen-bond donors (Lipinski definition) is 1. The maximum absolute atomic E-state index is 12.7. The smallest absolute Gasteiger partial charge is 0.257 e. The van der Waals surface area contributed by atoms with Crippen LogP contribution in [-0.2, 0) is 6.54 Å². The molecule has 7 heteroatoms. The Kier molecular flexibility index (Phi) is 6.39. The molecule has 3 aromatic rings. The summed E-state index contributed by atoms with van der Waals surface area (Å²) in [7, 11) is 1.60. The lowest BCUT2D eigenvalue weighted by Crippen LogP contribution is -2.23. The Morgan fingerprint density at radius 2 is 1.93 bits per heavy atom. The van der Waals surface area contributed by atoms with Crippen molar-refractivity contribution in [1.82, 2.24) is 10.3 Å². The summed E-state index contributed by atoms with van der Waals surface area (Å²) in [6, 6.07) is 13.9. The van der Waals surface area contributed by atoms with E-state index in [-0.39, 0.29) is 17.4 Å². The summed E-state index contributed by atoms with van der Waals surface area (Å²) in [5.41, 5.74) is 2.23. The molecule has 0 saturated carbocycles. The Bertz CT molecular complexity index is 1010. The van der Waals surface area contributed by atoms with Crippen molar-refractivity contribution in [3.63, 3.8) is 0 Å². The molecule has 1 heterocycles. The molecule has 2 aromatic carbocycles. The molecule has 0 spiro atoms. The van der Waals surface area contributed by atoms with Crippen LogP contribution in [0.25, 0.3) is 0 Å². The molecule has 1 amide bonds. The van der Waals surface area contributed by atoms with Gasteiger partial charge >= 0.3 is 0 Å². The standard InChI is InChI=1S/C21H18Cl2N2O3/c1-13-5-8-18(27-2)14(10-13)12-25-20(26)16-4-3-9-24-21(16)28-19-11-15(22)6-7-17(19)23/h3-11H,12H2,1-2H3,(H,25,26). The molecule has 0 saturated heterocycles. The average molecular weight is 417 g/mol. The Morgan fingerprint density at radius 1 is 1.11 bits per heavy atom. The Morgan fingerprint density at radius 3 is 2.71 bits per heavy atom. The van der Waals surface area contributed by atoms with Crippen molar-refractivity contribution in [1.29, 1.82) is 0 Å². The van der Waals surface area contributed by atoms with Crippen LogP contribution in [0.1, 0.15) is 21.5 Å². The second kappa shape index (κ2) is 8.95. The van der Waals surface area contributed by atoms with Crippen molar-refractivity contribution in [2.75, 3.05) is 7.11 Å². The molecule has 5 nitrogen and oxygen atoms in total. The zero-order valence-corrected chi connectivity index (χ0v) is 16.8. The first-order chi connectivity index (χ1) is 13.5. The minimum atomic E-state index is -0.329. The quantitative estimate of drug-likeness (QED) is 0.581. The van der Waals surface area contributed by atoms with Crippen molar-refractivity contribution in [3.8, 4) is 17.4 Å². The monoisotopic (exact) mass is 416 g/mol. The van der Waals surface area contributed by atoms with E-state index >= 15 is 0 Å². The second-order valence-electron chi connectivity index (χ2n) is 6.03. The first-order valence-corrected chi connectivity index (χ1v) is 9.23. The summed E-state index contributed by atoms with van der Waals surface area (Å²) >= 11 is 12.1. The van der Waals surface area contributed by atoms with E-state index < -0.39 is 0 Å². The number of amides is 1. The van der Waals surface area contributed by atoms with Crippen LogP contribution in [0.15, 0.2) is 54.7 Å². The fourth-order valence-electron chi connectivity index (χ4n) is 2.62. The molecule has 0 aliphatic carbocycles. The van der Waals surface area contributed by atoms with Crippen LogP contribution in [0, 0.1) is 6.92 Å². The van der Waals surface area contributed by atoms with E-state index in [0.717, 1.165) is 11.1 Å². The third-order valence-corrected chi connectivity index (χ3v) is 4.54. The third kappa shape index (κ3) is 4.74. The minimum Gasteiger partial charge on any atom is -0.496 e. The van der Waals surface area contributed by atoms with Crippen molar-refractivity contribution >= 4 is 29.1 Å². The summed E-state index contributed by atoms with van der Waals surface area (Å²) in [6.07, 6.45) is 1.54. The highest BCUT2D eigenvalue weighted by molar-refractivity contribution is 6.34. The molecule has 0 aliphatic heterocycles. The lowest BCUT2D eigenvalue weighted by Gasteiger charge is -2.13. The number of carbonyl (C=O) groups excluding carboxylic acids is 1. The molecule has 144 valence electrons. The molecule has 0 atom stereocenters. The van der Waals surface area contributed by atoms with Crippen molar-refractivity contribution in [2.45, 2.75) is 13.5 Å². The number of carbonyl (C=O) groups is 1. The number of methoxy groups -OCH3 is 1. The normalized spacial score (nSPS) is 10.4. The molecule has 0 fully saturated rings. The summed E-state index contributed by atoms with van der Waals surface area (Å²) in [6.45, 7) is 2.28. The van der Waals surface area contributed by atoms with Crippen LogP contribution in [0.2, 0.25) is 10.0 Å². The van der Waals surface area contributed by atoms with Gasteiger partial charge in [-0.05, 0) is 37.3 Å². The van der Waals surface area contributed by atoms with Gasteiger partial charge in [0, 0.05) is 29.4 Å². The largest absolute Gasteiger partial charge is 0.496 e. The topological polar surface area (TPSA) is 60.5 Å². The Labute approximate surface area is 173 Å². The van der Waals surface area contributed by atoms with E-state index in [4.69, 9.17) is 32.7 Å². The second-order valence-corrected chi connectivity index (χ2v) is 6.87. The van der Waals surface area contributed by atoms with Gasteiger partial charge in [-0.25, -0.2) is 4.98 Å². The van der Waals surface area contributed by atoms with Gasteiger partial charge in [0.25, 0.3) is 5.91 Å². The Balaban J connectivity index is 1.80. The summed E-state index contributed by atoms with van der Waals surface area (Å²) in [5.74, 6) is 0.840. The van der Waals surface area contributed by atoms with Gasteiger partial charge in [0.2, 0.25) is 5.88 Å². The van der Waals surface area contributed by atoms with Crippen LogP contribution < -0.4 is 14.8 Å². The fourth-order valence-corrected chi connectivity index (χ4v) is 2.94. The highest BCUT2D eigenvalue weighted by Crippen LogP contribution is 2.32. The SMILES string of the molecule is COc1ccc(C)cc1CNC(=O)c1cccnc1Oc1cc(Cl)ccc1Cl. The van der Waals surface area contributed by atoms with E-state index in [2.05, 4.69) is 10.3 Å². The first-order valence-electron chi connectivity index (χ1n) is 8.47. The molecule has 0 aliphatic rings. The van der Waals surface area contributed by atoms with Crippen LogP contribution in [0.3, 0.4) is 0 Å². The van der Waals surface area contributed by atoms with Gasteiger partial charge in [0.05, 0.1) is 12.1 Å². The van der Waals surface area contributed by atoms with Crippen LogP contribution >= 0.6 is 23.2 Å². The predicted molar refractivity (Wildman–Crippen MR) is 110 cm³/mol.